The Morgan fingerprint density at radius 1 is 0.462 bits per heavy atom. The van der Waals surface area contributed by atoms with Gasteiger partial charge in [-0.15, -0.1) is 0 Å². The highest BCUT2D eigenvalue weighted by Crippen LogP contribution is 2.14. The highest BCUT2D eigenvalue weighted by molar-refractivity contribution is 5.72. The van der Waals surface area contributed by atoms with Gasteiger partial charge in [0.05, 0.1) is 34.4 Å². The molecule has 0 amide bonds. The predicted octanol–water partition coefficient (Wildman–Crippen LogP) is 15.5. The van der Waals surface area contributed by atoms with Crippen LogP contribution in [0.15, 0.2) is 72.9 Å². The summed E-state index contributed by atoms with van der Waals surface area (Å²) in [5.74, 6) is -1.53. The lowest BCUT2D eigenvalue weighted by molar-refractivity contribution is -0.887. The molecule has 2 atom stereocenters. The topological polar surface area (TPSA) is 99.1 Å². The van der Waals surface area contributed by atoms with Gasteiger partial charge in [-0.3, -0.25) is 9.59 Å². The van der Waals surface area contributed by atoms with Crippen molar-refractivity contribution in [1.29, 1.82) is 0 Å². The number of rotatable bonds is 47. The van der Waals surface area contributed by atoms with Crippen molar-refractivity contribution in [2.24, 2.45) is 0 Å². The molecular weight excluding hydrogens is 811 g/mol. The molecule has 0 saturated carbocycles. The Bertz CT molecular complexity index is 1290. The number of hydrogen-bond acceptors (Lipinski definition) is 6. The summed E-state index contributed by atoms with van der Waals surface area (Å²) in [5, 5.41) is 9.66. The SMILES string of the molecule is CCCCC/C=C/C/C=C/C/C=C/C/C=C/C/C=C/CCCCC(=O)OC(COCCC(C(=O)O)[N+](C)(C)C)COC(=O)CCCCCCCCC/C=C/CCCCCCCCCCC. The summed E-state index contributed by atoms with van der Waals surface area (Å²) in [4.78, 5) is 37.2. The van der Waals surface area contributed by atoms with Crippen molar-refractivity contribution < 1.29 is 38.2 Å². The quantitative estimate of drug-likeness (QED) is 0.0281. The fourth-order valence-corrected chi connectivity index (χ4v) is 7.46. The van der Waals surface area contributed by atoms with E-state index in [4.69, 9.17) is 14.2 Å². The van der Waals surface area contributed by atoms with Gasteiger partial charge >= 0.3 is 17.9 Å². The number of quaternary nitrogens is 1. The Kier molecular flexibility index (Phi) is 44.9. The van der Waals surface area contributed by atoms with Gasteiger partial charge in [-0.2, -0.15) is 0 Å². The lowest BCUT2D eigenvalue weighted by atomic mass is 10.1. The number of esters is 2. The number of aliphatic carboxylic acids is 1. The molecule has 1 N–H and O–H groups in total. The van der Waals surface area contributed by atoms with Gasteiger partial charge < -0.3 is 23.8 Å². The second-order valence-electron chi connectivity index (χ2n) is 18.8. The first-order valence-corrected chi connectivity index (χ1v) is 26.5. The van der Waals surface area contributed by atoms with Crippen LogP contribution in [0.25, 0.3) is 0 Å². The lowest BCUT2D eigenvalue weighted by Gasteiger charge is -2.31. The molecule has 0 aromatic carbocycles. The van der Waals surface area contributed by atoms with Gasteiger partial charge in [0, 0.05) is 19.3 Å². The average Bonchev–Trinajstić information content (AvgIpc) is 3.27. The van der Waals surface area contributed by atoms with Crippen LogP contribution >= 0.6 is 0 Å². The van der Waals surface area contributed by atoms with Crippen molar-refractivity contribution in [1.82, 2.24) is 0 Å². The molecule has 0 radical (unpaired) electrons. The molecule has 0 bridgehead atoms. The molecule has 0 aromatic rings. The number of carboxylic acids is 1. The van der Waals surface area contributed by atoms with Gasteiger partial charge in [0.25, 0.3) is 0 Å². The van der Waals surface area contributed by atoms with E-state index >= 15 is 0 Å². The minimum absolute atomic E-state index is 0.0395. The van der Waals surface area contributed by atoms with Crippen molar-refractivity contribution in [2.45, 2.75) is 231 Å². The summed E-state index contributed by atoms with van der Waals surface area (Å²) in [5.41, 5.74) is 0. The number of hydrogen-bond donors (Lipinski definition) is 1. The van der Waals surface area contributed by atoms with E-state index in [9.17, 15) is 19.5 Å². The largest absolute Gasteiger partial charge is 0.477 e. The molecule has 8 heteroatoms. The Balaban J connectivity index is 4.34. The van der Waals surface area contributed by atoms with Crippen LogP contribution in [0.5, 0.6) is 0 Å². The predicted molar refractivity (Wildman–Crippen MR) is 275 cm³/mol. The number of unbranched alkanes of at least 4 members (excludes halogenated alkanes) is 21. The van der Waals surface area contributed by atoms with E-state index in [1.54, 1.807) is 0 Å². The first-order valence-electron chi connectivity index (χ1n) is 26.5. The molecule has 0 spiro atoms. The summed E-state index contributed by atoms with van der Waals surface area (Å²) in [7, 11) is 5.52. The molecule has 0 aromatic heterocycles. The van der Waals surface area contributed by atoms with Crippen LogP contribution in [0.3, 0.4) is 0 Å². The van der Waals surface area contributed by atoms with Crippen molar-refractivity contribution in [2.75, 3.05) is 41.0 Å². The van der Waals surface area contributed by atoms with Crippen LogP contribution in [-0.4, -0.2) is 80.6 Å². The highest BCUT2D eigenvalue weighted by atomic mass is 16.6. The summed E-state index contributed by atoms with van der Waals surface area (Å²) >= 11 is 0. The van der Waals surface area contributed by atoms with Crippen LogP contribution in [0.2, 0.25) is 0 Å². The van der Waals surface area contributed by atoms with Crippen LogP contribution < -0.4 is 0 Å². The molecule has 0 aliphatic rings. The van der Waals surface area contributed by atoms with Crippen LogP contribution in [-0.2, 0) is 28.6 Å². The molecule has 2 unspecified atom stereocenters. The third-order valence-electron chi connectivity index (χ3n) is 11.6. The molecule has 8 nitrogen and oxygen atoms in total. The van der Waals surface area contributed by atoms with Crippen molar-refractivity contribution in [3.8, 4) is 0 Å². The summed E-state index contributed by atoms with van der Waals surface area (Å²) < 4.78 is 17.3. The molecule has 0 heterocycles. The number of likely N-dealkylation sites (N-methyl/N-ethyl adjacent to an activating group) is 1. The van der Waals surface area contributed by atoms with Gasteiger partial charge in [0.1, 0.15) is 6.61 Å². The zero-order chi connectivity index (χ0) is 47.7. The zero-order valence-corrected chi connectivity index (χ0v) is 42.7. The monoisotopic (exact) mass is 911 g/mol. The summed E-state index contributed by atoms with van der Waals surface area (Å²) in [6.45, 7) is 4.67. The molecule has 0 aliphatic carbocycles. The normalized spacial score (nSPS) is 13.4. The maximum absolute atomic E-state index is 12.8. The van der Waals surface area contributed by atoms with E-state index < -0.39 is 18.1 Å². The fourth-order valence-electron chi connectivity index (χ4n) is 7.46. The molecule has 0 fully saturated rings. The molecule has 0 aliphatic heterocycles. The Hall–Kier alpha value is -3.23. The molecule has 0 rings (SSSR count). The van der Waals surface area contributed by atoms with Crippen molar-refractivity contribution >= 4 is 17.9 Å². The molecule has 374 valence electrons. The van der Waals surface area contributed by atoms with Gasteiger partial charge in [0.15, 0.2) is 12.1 Å². The fraction of sp³-hybridized carbons (Fsp3) is 0.737. The third kappa shape index (κ3) is 45.7. The number of carbonyl (C=O) groups excluding carboxylic acids is 2. The number of allylic oxidation sites excluding steroid dienone is 12. The summed E-state index contributed by atoms with van der Waals surface area (Å²) in [6.07, 6.45) is 61.0. The smallest absolute Gasteiger partial charge is 0.362 e. The van der Waals surface area contributed by atoms with E-state index in [1.165, 1.54) is 122 Å². The van der Waals surface area contributed by atoms with Gasteiger partial charge in [0.2, 0.25) is 0 Å². The van der Waals surface area contributed by atoms with Crippen molar-refractivity contribution in [3.05, 3.63) is 72.9 Å². The van der Waals surface area contributed by atoms with E-state index in [2.05, 4.69) is 86.8 Å². The number of ether oxygens (including phenoxy) is 3. The first-order chi connectivity index (χ1) is 31.6. The standard InChI is InChI=1S/C57H99NO7/c1-6-8-10-12-14-16-18-20-22-24-26-28-30-32-34-36-38-40-42-44-46-48-56(60)65-53(51-63-50-49-54(57(61)62)58(3,4)5)52-64-55(59)47-45-43-41-39-37-35-33-31-29-27-25-23-21-19-17-15-13-11-9-7-2/h14,16,20,22,26-29,32,34,38,40,53-54H,6-13,15,17-19,21,23-25,30-31,33,35-37,39,41-52H2,1-5H3/p+1/b16-14+,22-20+,28-26+,29-27+,34-32+,40-38+. The Morgan fingerprint density at radius 3 is 1.28 bits per heavy atom. The van der Waals surface area contributed by atoms with E-state index in [0.717, 1.165) is 57.8 Å². The number of carboxylic acid groups (broad SMARTS) is 1. The maximum atomic E-state index is 12.8. The number of nitrogens with zero attached hydrogens (tertiary/aromatic N) is 1. The highest BCUT2D eigenvalue weighted by Gasteiger charge is 2.31. The summed E-state index contributed by atoms with van der Waals surface area (Å²) in [6, 6.07) is -0.627. The van der Waals surface area contributed by atoms with E-state index in [0.29, 0.717) is 19.3 Å². The van der Waals surface area contributed by atoms with Gasteiger partial charge in [-0.25, -0.2) is 4.79 Å². The van der Waals surface area contributed by atoms with Crippen LogP contribution in [0.1, 0.15) is 219 Å². The van der Waals surface area contributed by atoms with E-state index in [1.807, 2.05) is 21.1 Å². The lowest BCUT2D eigenvalue weighted by Crippen LogP contribution is -2.50. The second-order valence-corrected chi connectivity index (χ2v) is 18.8. The average molecular weight is 911 g/mol. The first kappa shape index (κ1) is 61.8. The number of carbonyl (C=O) groups is 3. The van der Waals surface area contributed by atoms with Crippen molar-refractivity contribution in [3.63, 3.8) is 0 Å². The Labute approximate surface area is 400 Å². The van der Waals surface area contributed by atoms with Gasteiger partial charge in [-0.05, 0) is 89.9 Å². The maximum Gasteiger partial charge on any atom is 0.362 e. The Morgan fingerprint density at radius 2 is 0.815 bits per heavy atom. The molecule has 65 heavy (non-hydrogen) atoms. The van der Waals surface area contributed by atoms with Crippen LogP contribution in [0, 0.1) is 0 Å². The minimum Gasteiger partial charge on any atom is -0.477 e. The van der Waals surface area contributed by atoms with Gasteiger partial charge in [-0.1, -0.05) is 183 Å². The van der Waals surface area contributed by atoms with Crippen LogP contribution in [0.4, 0.5) is 0 Å². The second kappa shape index (κ2) is 47.3. The van der Waals surface area contributed by atoms with E-state index in [-0.39, 0.29) is 42.7 Å². The minimum atomic E-state index is -0.884. The zero-order valence-electron chi connectivity index (χ0n) is 42.7. The molecule has 0 saturated heterocycles. The third-order valence-corrected chi connectivity index (χ3v) is 11.6. The molecular formula is C57H100NO7+.